The molecule has 0 bridgehead atoms. The van der Waals surface area contributed by atoms with E-state index < -0.39 is 0 Å². The third kappa shape index (κ3) is 1.70. The predicted molar refractivity (Wildman–Crippen MR) is 63.6 cm³/mol. The predicted octanol–water partition coefficient (Wildman–Crippen LogP) is 1.96. The summed E-state index contributed by atoms with van der Waals surface area (Å²) in [5.41, 5.74) is 2.66. The van der Waals surface area contributed by atoms with Crippen LogP contribution in [0.15, 0.2) is 35.6 Å². The molecule has 0 aromatic heterocycles. The number of allylic oxidation sites excluding steroid dienone is 2. The van der Waals surface area contributed by atoms with Crippen LogP contribution in [0.25, 0.3) is 12.2 Å². The van der Waals surface area contributed by atoms with Crippen LogP contribution in [0.2, 0.25) is 0 Å². The highest BCUT2D eigenvalue weighted by Gasteiger charge is 2.19. The average Bonchev–Trinajstić information content (AvgIpc) is 2.17. The SMILES string of the molecule is C=c1cccc/c1=C(\C)C1=C(OC)CC1. The van der Waals surface area contributed by atoms with Gasteiger partial charge in [-0.3, -0.25) is 0 Å². The molecule has 1 aromatic rings. The van der Waals surface area contributed by atoms with E-state index in [1.54, 1.807) is 7.11 Å². The van der Waals surface area contributed by atoms with Crippen molar-refractivity contribution in [1.82, 2.24) is 0 Å². The average molecular weight is 200 g/mol. The fraction of sp³-hybridized carbons (Fsp3) is 0.286. The van der Waals surface area contributed by atoms with Crippen molar-refractivity contribution in [2.45, 2.75) is 19.8 Å². The lowest BCUT2D eigenvalue weighted by Crippen LogP contribution is -2.26. The van der Waals surface area contributed by atoms with Crippen molar-refractivity contribution in [3.63, 3.8) is 0 Å². The van der Waals surface area contributed by atoms with Crippen molar-refractivity contribution < 1.29 is 4.74 Å². The fourth-order valence-electron chi connectivity index (χ4n) is 2.02. The van der Waals surface area contributed by atoms with Crippen LogP contribution in [-0.2, 0) is 4.74 Å². The van der Waals surface area contributed by atoms with Crippen LogP contribution in [0.1, 0.15) is 19.8 Å². The second kappa shape index (κ2) is 3.93. The Morgan fingerprint density at radius 2 is 2.00 bits per heavy atom. The quantitative estimate of drug-likeness (QED) is 0.709. The molecule has 78 valence electrons. The summed E-state index contributed by atoms with van der Waals surface area (Å²) in [6.07, 6.45) is 2.20. The molecule has 0 radical (unpaired) electrons. The summed E-state index contributed by atoms with van der Waals surface area (Å²) in [4.78, 5) is 0. The van der Waals surface area contributed by atoms with Crippen LogP contribution in [0.4, 0.5) is 0 Å². The lowest BCUT2D eigenvalue weighted by atomic mass is 9.89. The topological polar surface area (TPSA) is 9.23 Å². The van der Waals surface area contributed by atoms with E-state index in [-0.39, 0.29) is 0 Å². The van der Waals surface area contributed by atoms with Crippen LogP contribution in [-0.4, -0.2) is 7.11 Å². The molecule has 0 saturated heterocycles. The third-order valence-corrected chi connectivity index (χ3v) is 3.06. The molecule has 0 amide bonds. The number of rotatable bonds is 2. The van der Waals surface area contributed by atoms with Gasteiger partial charge in [-0.1, -0.05) is 30.8 Å². The monoisotopic (exact) mass is 200 g/mol. The Kier molecular flexibility index (Phi) is 2.63. The molecule has 0 fully saturated rings. The van der Waals surface area contributed by atoms with Gasteiger partial charge in [-0.15, -0.1) is 0 Å². The maximum absolute atomic E-state index is 5.32. The summed E-state index contributed by atoms with van der Waals surface area (Å²) in [7, 11) is 1.75. The molecule has 0 aliphatic heterocycles. The van der Waals surface area contributed by atoms with Gasteiger partial charge in [0.25, 0.3) is 0 Å². The van der Waals surface area contributed by atoms with E-state index in [2.05, 4.69) is 25.6 Å². The highest BCUT2D eigenvalue weighted by molar-refractivity contribution is 5.65. The van der Waals surface area contributed by atoms with Gasteiger partial charge in [-0.2, -0.15) is 0 Å². The summed E-state index contributed by atoms with van der Waals surface area (Å²) in [5.74, 6) is 1.13. The Morgan fingerprint density at radius 1 is 1.27 bits per heavy atom. The molecule has 0 atom stereocenters. The second-order valence-corrected chi connectivity index (χ2v) is 3.89. The molecular weight excluding hydrogens is 184 g/mol. The molecule has 1 aromatic carbocycles. The zero-order chi connectivity index (χ0) is 10.8. The van der Waals surface area contributed by atoms with Gasteiger partial charge in [0.1, 0.15) is 0 Å². The Hall–Kier alpha value is -1.50. The van der Waals surface area contributed by atoms with Gasteiger partial charge in [-0.05, 0) is 34.9 Å². The Morgan fingerprint density at radius 3 is 2.53 bits per heavy atom. The smallest absolute Gasteiger partial charge is 0.0993 e. The largest absolute Gasteiger partial charge is 0.501 e. The minimum atomic E-state index is 1.07. The highest BCUT2D eigenvalue weighted by atomic mass is 16.5. The van der Waals surface area contributed by atoms with E-state index in [0.29, 0.717) is 0 Å². The summed E-state index contributed by atoms with van der Waals surface area (Å²) >= 11 is 0. The van der Waals surface area contributed by atoms with Gasteiger partial charge in [0, 0.05) is 6.42 Å². The molecular formula is C14H16O. The first kappa shape index (κ1) is 10.0. The van der Waals surface area contributed by atoms with Crippen LogP contribution in [0.3, 0.4) is 0 Å². The number of hydrogen-bond acceptors (Lipinski definition) is 1. The standard InChI is InChI=1S/C14H16O/c1-10-6-4-5-7-12(10)11(2)13-8-9-14(13)15-3/h4-7H,1,8-9H2,2-3H3/b12-11-. The first-order valence-corrected chi connectivity index (χ1v) is 5.25. The van der Waals surface area contributed by atoms with E-state index >= 15 is 0 Å². The first-order valence-electron chi connectivity index (χ1n) is 5.25. The fourth-order valence-corrected chi connectivity index (χ4v) is 2.02. The van der Waals surface area contributed by atoms with Crippen LogP contribution in [0, 0.1) is 0 Å². The summed E-state index contributed by atoms with van der Waals surface area (Å²) in [6, 6.07) is 8.24. The highest BCUT2D eigenvalue weighted by Crippen LogP contribution is 2.33. The van der Waals surface area contributed by atoms with E-state index in [1.807, 2.05) is 12.1 Å². The van der Waals surface area contributed by atoms with Crippen LogP contribution in [0.5, 0.6) is 0 Å². The third-order valence-electron chi connectivity index (χ3n) is 3.06. The zero-order valence-electron chi connectivity index (χ0n) is 9.34. The minimum Gasteiger partial charge on any atom is -0.501 e. The van der Waals surface area contributed by atoms with Crippen LogP contribution < -0.4 is 10.4 Å². The van der Waals surface area contributed by atoms with Crippen molar-refractivity contribution in [3.05, 3.63) is 46.0 Å². The first-order chi connectivity index (χ1) is 7.24. The normalized spacial score (nSPS) is 17.2. The lowest BCUT2D eigenvalue weighted by Gasteiger charge is -2.23. The van der Waals surface area contributed by atoms with Gasteiger partial charge in [0.05, 0.1) is 12.9 Å². The number of benzene rings is 1. The molecule has 0 heterocycles. The van der Waals surface area contributed by atoms with Gasteiger partial charge in [0.2, 0.25) is 0 Å². The number of hydrogen-bond donors (Lipinski definition) is 0. The van der Waals surface area contributed by atoms with Crippen molar-refractivity contribution in [2.24, 2.45) is 0 Å². The van der Waals surface area contributed by atoms with Crippen molar-refractivity contribution >= 4 is 12.2 Å². The van der Waals surface area contributed by atoms with Crippen molar-refractivity contribution in [1.29, 1.82) is 0 Å². The van der Waals surface area contributed by atoms with Gasteiger partial charge in [-0.25, -0.2) is 0 Å². The van der Waals surface area contributed by atoms with Crippen molar-refractivity contribution in [2.75, 3.05) is 7.11 Å². The molecule has 15 heavy (non-hydrogen) atoms. The molecule has 1 heteroatoms. The molecule has 1 nitrogen and oxygen atoms in total. The summed E-state index contributed by atoms with van der Waals surface area (Å²) < 4.78 is 5.32. The maximum atomic E-state index is 5.32. The summed E-state index contributed by atoms with van der Waals surface area (Å²) in [6.45, 7) is 6.20. The molecule has 1 aliphatic carbocycles. The van der Waals surface area contributed by atoms with E-state index in [0.717, 1.165) is 23.8 Å². The number of methoxy groups -OCH3 is 1. The van der Waals surface area contributed by atoms with Gasteiger partial charge >= 0.3 is 0 Å². The molecule has 2 rings (SSSR count). The molecule has 1 aliphatic rings. The zero-order valence-corrected chi connectivity index (χ0v) is 9.34. The maximum Gasteiger partial charge on any atom is 0.0993 e. The van der Waals surface area contributed by atoms with Gasteiger partial charge < -0.3 is 4.74 Å². The lowest BCUT2D eigenvalue weighted by molar-refractivity contribution is 0.255. The number of ether oxygens (including phenoxy) is 1. The van der Waals surface area contributed by atoms with E-state index in [9.17, 15) is 0 Å². The van der Waals surface area contributed by atoms with E-state index in [4.69, 9.17) is 4.74 Å². The van der Waals surface area contributed by atoms with Crippen LogP contribution >= 0.6 is 0 Å². The Labute approximate surface area is 90.4 Å². The Bertz CT molecular complexity index is 508. The molecule has 0 unspecified atom stereocenters. The molecule has 0 spiro atoms. The molecule has 0 saturated carbocycles. The van der Waals surface area contributed by atoms with E-state index in [1.165, 1.54) is 16.4 Å². The minimum absolute atomic E-state index is 1.07. The molecule has 0 N–H and O–H groups in total. The van der Waals surface area contributed by atoms with Gasteiger partial charge in [0.15, 0.2) is 0 Å². The van der Waals surface area contributed by atoms with Crippen molar-refractivity contribution in [3.8, 4) is 0 Å². The summed E-state index contributed by atoms with van der Waals surface area (Å²) in [5, 5.41) is 2.33. The Balaban J connectivity index is 2.61. The second-order valence-electron chi connectivity index (χ2n) is 3.89.